The highest BCUT2D eigenvalue weighted by Gasteiger charge is 2.14. The predicted octanol–water partition coefficient (Wildman–Crippen LogP) is 1.22. The van der Waals surface area contributed by atoms with Crippen LogP contribution in [-0.4, -0.2) is 17.1 Å². The quantitative estimate of drug-likeness (QED) is 0.634. The minimum absolute atomic E-state index is 0.114. The zero-order valence-electron chi connectivity index (χ0n) is 7.21. The molecule has 0 rings (SSSR count). The molecule has 2 unspecified atom stereocenters. The number of carboxylic acid groups (broad SMARTS) is 1. The van der Waals surface area contributed by atoms with Crippen LogP contribution in [0.5, 0.6) is 0 Å². The summed E-state index contributed by atoms with van der Waals surface area (Å²) >= 11 is 0. The summed E-state index contributed by atoms with van der Waals surface area (Å²) in [7, 11) is 0. The highest BCUT2D eigenvalue weighted by atomic mass is 16.4. The number of rotatable bonds is 5. The number of carboxylic acids is 1. The first-order chi connectivity index (χ1) is 5.07. The lowest BCUT2D eigenvalue weighted by molar-refractivity contribution is -0.142. The molecule has 3 nitrogen and oxygen atoms in total. The molecule has 0 aliphatic heterocycles. The third-order valence-electron chi connectivity index (χ3n) is 1.81. The molecule has 0 aromatic rings. The Balaban J connectivity index is 3.61. The zero-order valence-corrected chi connectivity index (χ0v) is 7.21. The molecule has 0 fully saturated rings. The molecular weight excluding hydrogens is 142 g/mol. The molecule has 3 N–H and O–H groups in total. The van der Waals surface area contributed by atoms with Gasteiger partial charge in [0.1, 0.15) is 0 Å². The minimum Gasteiger partial charge on any atom is -0.481 e. The molecule has 0 bridgehead atoms. The van der Waals surface area contributed by atoms with Crippen molar-refractivity contribution < 1.29 is 9.90 Å². The van der Waals surface area contributed by atoms with Crippen LogP contribution in [-0.2, 0) is 4.79 Å². The van der Waals surface area contributed by atoms with Crippen LogP contribution in [0.1, 0.15) is 33.1 Å². The fraction of sp³-hybridized carbons (Fsp3) is 0.875. The molecule has 0 aromatic heterocycles. The Hall–Kier alpha value is -0.570. The molecule has 0 heterocycles. The van der Waals surface area contributed by atoms with Crippen LogP contribution >= 0.6 is 0 Å². The molecule has 0 aromatic carbocycles. The third kappa shape index (κ3) is 4.79. The average molecular weight is 159 g/mol. The molecule has 0 aliphatic rings. The summed E-state index contributed by atoms with van der Waals surface area (Å²) in [6.07, 6.45) is 2.19. The van der Waals surface area contributed by atoms with Gasteiger partial charge in [-0.15, -0.1) is 0 Å². The van der Waals surface area contributed by atoms with Crippen LogP contribution in [0.25, 0.3) is 0 Å². The topological polar surface area (TPSA) is 63.3 Å². The fourth-order valence-corrected chi connectivity index (χ4v) is 0.966. The Kier molecular flexibility index (Phi) is 4.86. The van der Waals surface area contributed by atoms with Gasteiger partial charge in [-0.3, -0.25) is 4.79 Å². The molecule has 0 radical (unpaired) electrons. The first-order valence-electron chi connectivity index (χ1n) is 4.06. The van der Waals surface area contributed by atoms with Crippen LogP contribution in [0.15, 0.2) is 0 Å². The number of nitrogens with two attached hydrogens (primary N) is 1. The summed E-state index contributed by atoms with van der Waals surface area (Å²) < 4.78 is 0. The SMILES string of the molecule is CCC(CCC(C)N)C(=O)O. The van der Waals surface area contributed by atoms with Crippen molar-refractivity contribution in [2.24, 2.45) is 11.7 Å². The Morgan fingerprint density at radius 2 is 2.09 bits per heavy atom. The molecule has 0 aliphatic carbocycles. The summed E-state index contributed by atoms with van der Waals surface area (Å²) in [5, 5.41) is 8.65. The fourth-order valence-electron chi connectivity index (χ4n) is 0.966. The van der Waals surface area contributed by atoms with Gasteiger partial charge in [0.05, 0.1) is 5.92 Å². The smallest absolute Gasteiger partial charge is 0.306 e. The molecule has 0 saturated carbocycles. The van der Waals surface area contributed by atoms with Gasteiger partial charge in [-0.05, 0) is 26.2 Å². The molecule has 0 amide bonds. The van der Waals surface area contributed by atoms with Crippen molar-refractivity contribution >= 4 is 5.97 Å². The molecule has 66 valence electrons. The van der Waals surface area contributed by atoms with Gasteiger partial charge in [0.25, 0.3) is 0 Å². The van der Waals surface area contributed by atoms with Crippen molar-refractivity contribution in [2.75, 3.05) is 0 Å². The number of aliphatic carboxylic acids is 1. The van der Waals surface area contributed by atoms with Crippen molar-refractivity contribution in [3.05, 3.63) is 0 Å². The van der Waals surface area contributed by atoms with Crippen molar-refractivity contribution in [2.45, 2.75) is 39.2 Å². The van der Waals surface area contributed by atoms with E-state index < -0.39 is 5.97 Å². The summed E-state index contributed by atoms with van der Waals surface area (Å²) in [6.45, 7) is 3.79. The van der Waals surface area contributed by atoms with E-state index in [9.17, 15) is 4.79 Å². The van der Waals surface area contributed by atoms with Crippen LogP contribution in [0.3, 0.4) is 0 Å². The van der Waals surface area contributed by atoms with Gasteiger partial charge < -0.3 is 10.8 Å². The molecular formula is C8H17NO2. The maximum absolute atomic E-state index is 10.5. The average Bonchev–Trinajstić information content (AvgIpc) is 1.87. The Bertz CT molecular complexity index is 123. The number of hydrogen-bond donors (Lipinski definition) is 2. The Labute approximate surface area is 67.6 Å². The van der Waals surface area contributed by atoms with Crippen LogP contribution in [0.4, 0.5) is 0 Å². The van der Waals surface area contributed by atoms with E-state index >= 15 is 0 Å². The number of carbonyl (C=O) groups is 1. The summed E-state index contributed by atoms with van der Waals surface area (Å²) in [4.78, 5) is 10.5. The number of hydrogen-bond acceptors (Lipinski definition) is 2. The van der Waals surface area contributed by atoms with E-state index in [-0.39, 0.29) is 12.0 Å². The van der Waals surface area contributed by atoms with E-state index in [0.29, 0.717) is 12.8 Å². The van der Waals surface area contributed by atoms with Gasteiger partial charge >= 0.3 is 5.97 Å². The lowest BCUT2D eigenvalue weighted by atomic mass is 9.98. The molecule has 0 saturated heterocycles. The van der Waals surface area contributed by atoms with Gasteiger partial charge in [-0.25, -0.2) is 0 Å². The first-order valence-corrected chi connectivity index (χ1v) is 4.06. The van der Waals surface area contributed by atoms with Gasteiger partial charge in [0.15, 0.2) is 0 Å². The maximum Gasteiger partial charge on any atom is 0.306 e. The first kappa shape index (κ1) is 10.4. The van der Waals surface area contributed by atoms with E-state index in [2.05, 4.69) is 0 Å². The monoisotopic (exact) mass is 159 g/mol. The van der Waals surface area contributed by atoms with Gasteiger partial charge in [0.2, 0.25) is 0 Å². The van der Waals surface area contributed by atoms with Crippen molar-refractivity contribution in [3.63, 3.8) is 0 Å². The Morgan fingerprint density at radius 1 is 1.55 bits per heavy atom. The van der Waals surface area contributed by atoms with Crippen LogP contribution in [0, 0.1) is 5.92 Å². The summed E-state index contributed by atoms with van der Waals surface area (Å²) in [6, 6.07) is 0.114. The second kappa shape index (κ2) is 5.13. The third-order valence-corrected chi connectivity index (χ3v) is 1.81. The van der Waals surface area contributed by atoms with Gasteiger partial charge in [-0.2, -0.15) is 0 Å². The van der Waals surface area contributed by atoms with Crippen molar-refractivity contribution in [1.29, 1.82) is 0 Å². The van der Waals surface area contributed by atoms with Crippen LogP contribution in [0.2, 0.25) is 0 Å². The van der Waals surface area contributed by atoms with Crippen molar-refractivity contribution in [1.82, 2.24) is 0 Å². The largest absolute Gasteiger partial charge is 0.481 e. The minimum atomic E-state index is -0.701. The van der Waals surface area contributed by atoms with Crippen molar-refractivity contribution in [3.8, 4) is 0 Å². The highest BCUT2D eigenvalue weighted by Crippen LogP contribution is 2.11. The van der Waals surface area contributed by atoms with E-state index in [1.165, 1.54) is 0 Å². The van der Waals surface area contributed by atoms with Gasteiger partial charge in [0, 0.05) is 6.04 Å². The van der Waals surface area contributed by atoms with E-state index in [0.717, 1.165) is 6.42 Å². The lowest BCUT2D eigenvalue weighted by Crippen LogP contribution is -2.19. The molecule has 2 atom stereocenters. The lowest BCUT2D eigenvalue weighted by Gasteiger charge is -2.10. The highest BCUT2D eigenvalue weighted by molar-refractivity contribution is 5.69. The van der Waals surface area contributed by atoms with E-state index in [1.54, 1.807) is 0 Å². The second-order valence-corrected chi connectivity index (χ2v) is 3.00. The standard InChI is InChI=1S/C8H17NO2/c1-3-7(8(10)11)5-4-6(2)9/h6-7H,3-5,9H2,1-2H3,(H,10,11). The second-order valence-electron chi connectivity index (χ2n) is 3.00. The zero-order chi connectivity index (χ0) is 8.85. The summed E-state index contributed by atoms with van der Waals surface area (Å²) in [5.41, 5.74) is 5.50. The Morgan fingerprint density at radius 3 is 2.36 bits per heavy atom. The van der Waals surface area contributed by atoms with E-state index in [4.69, 9.17) is 10.8 Å². The molecule has 0 spiro atoms. The summed E-state index contributed by atoms with van der Waals surface area (Å²) in [5.74, 6) is -0.908. The normalized spacial score (nSPS) is 15.9. The maximum atomic E-state index is 10.5. The predicted molar refractivity (Wildman–Crippen MR) is 44.3 cm³/mol. The van der Waals surface area contributed by atoms with Crippen LogP contribution < -0.4 is 5.73 Å². The molecule has 3 heteroatoms. The van der Waals surface area contributed by atoms with Gasteiger partial charge in [-0.1, -0.05) is 6.92 Å². The van der Waals surface area contributed by atoms with E-state index in [1.807, 2.05) is 13.8 Å². The molecule has 11 heavy (non-hydrogen) atoms.